The first-order chi connectivity index (χ1) is 14.3. The summed E-state index contributed by atoms with van der Waals surface area (Å²) in [5.74, 6) is -0.393. The SMILES string of the molecule is CN(c1c(Cl)ccc(C2=C(O)c3ncccc3C(C)(C)S2(=O)=O)c1Cl)C(C)(O)C1CC1. The Morgan fingerprint density at radius 2 is 1.87 bits per heavy atom. The fraction of sp³-hybridized carbons (Fsp3) is 0.409. The van der Waals surface area contributed by atoms with Crippen molar-refractivity contribution in [1.82, 2.24) is 4.98 Å². The third-order valence-electron chi connectivity index (χ3n) is 6.51. The van der Waals surface area contributed by atoms with Gasteiger partial charge in [0.05, 0.1) is 20.5 Å². The number of nitrogens with zero attached hydrogens (tertiary/aromatic N) is 2. The fourth-order valence-electron chi connectivity index (χ4n) is 4.14. The van der Waals surface area contributed by atoms with Gasteiger partial charge in [0, 0.05) is 30.3 Å². The Kier molecular flexibility index (Phi) is 5.13. The molecule has 1 atom stereocenters. The smallest absolute Gasteiger partial charge is 0.192 e. The lowest BCUT2D eigenvalue weighted by atomic mass is 9.97. The van der Waals surface area contributed by atoms with E-state index in [1.165, 1.54) is 18.3 Å². The Bertz CT molecular complexity index is 1220. The summed E-state index contributed by atoms with van der Waals surface area (Å²) < 4.78 is 25.9. The van der Waals surface area contributed by atoms with Gasteiger partial charge in [0.25, 0.3) is 0 Å². The number of sulfone groups is 1. The van der Waals surface area contributed by atoms with Crippen LogP contribution in [0.15, 0.2) is 30.5 Å². The molecule has 2 aliphatic rings. The van der Waals surface area contributed by atoms with E-state index in [4.69, 9.17) is 23.2 Å². The van der Waals surface area contributed by atoms with Crippen LogP contribution in [0.3, 0.4) is 0 Å². The zero-order chi connectivity index (χ0) is 22.9. The van der Waals surface area contributed by atoms with E-state index in [9.17, 15) is 18.6 Å². The lowest BCUT2D eigenvalue weighted by molar-refractivity contribution is 0.0380. The molecule has 0 amide bonds. The average Bonchev–Trinajstić information content (AvgIpc) is 3.54. The minimum atomic E-state index is -4.05. The van der Waals surface area contributed by atoms with E-state index >= 15 is 0 Å². The molecule has 2 N–H and O–H groups in total. The highest BCUT2D eigenvalue weighted by Gasteiger charge is 2.49. The summed E-state index contributed by atoms with van der Waals surface area (Å²) in [5, 5.41) is 22.3. The van der Waals surface area contributed by atoms with Crippen LogP contribution in [-0.2, 0) is 14.6 Å². The Balaban J connectivity index is 1.99. The zero-order valence-corrected chi connectivity index (χ0v) is 20.0. The summed E-state index contributed by atoms with van der Waals surface area (Å²) in [6.07, 6.45) is 3.25. The van der Waals surface area contributed by atoms with Gasteiger partial charge in [-0.25, -0.2) is 8.42 Å². The van der Waals surface area contributed by atoms with Crippen LogP contribution in [0.5, 0.6) is 0 Å². The van der Waals surface area contributed by atoms with Crippen LogP contribution in [0, 0.1) is 5.92 Å². The molecule has 2 aromatic rings. The molecule has 166 valence electrons. The molecule has 1 saturated carbocycles. The number of aliphatic hydroxyl groups is 2. The number of aromatic nitrogens is 1. The number of rotatable bonds is 4. The maximum Gasteiger partial charge on any atom is 0.192 e. The number of hydrogen-bond donors (Lipinski definition) is 2. The minimum absolute atomic E-state index is 0.0382. The second-order valence-electron chi connectivity index (χ2n) is 8.78. The number of pyridine rings is 1. The summed E-state index contributed by atoms with van der Waals surface area (Å²) in [4.78, 5) is 5.49. The van der Waals surface area contributed by atoms with Gasteiger partial charge in [-0.05, 0) is 45.7 Å². The molecule has 1 aromatic heterocycles. The molecule has 0 radical (unpaired) electrons. The molecule has 4 rings (SSSR count). The van der Waals surface area contributed by atoms with Crippen LogP contribution in [0.4, 0.5) is 5.69 Å². The van der Waals surface area contributed by atoms with Crippen LogP contribution in [-0.4, -0.2) is 36.4 Å². The Labute approximate surface area is 192 Å². The van der Waals surface area contributed by atoms with Crippen molar-refractivity contribution in [3.63, 3.8) is 0 Å². The van der Waals surface area contributed by atoms with Gasteiger partial charge < -0.3 is 15.1 Å². The topological polar surface area (TPSA) is 90.7 Å². The van der Waals surface area contributed by atoms with Crippen molar-refractivity contribution in [1.29, 1.82) is 0 Å². The van der Waals surface area contributed by atoms with E-state index in [-0.39, 0.29) is 32.1 Å². The first kappa shape index (κ1) is 22.4. The molecule has 6 nitrogen and oxygen atoms in total. The molecule has 0 bridgehead atoms. The van der Waals surface area contributed by atoms with Crippen molar-refractivity contribution in [3.05, 3.63) is 57.3 Å². The molecule has 1 aromatic carbocycles. The number of halogens is 2. The van der Waals surface area contributed by atoms with Crippen LogP contribution in [0.25, 0.3) is 10.7 Å². The molecule has 2 heterocycles. The normalized spacial score (nSPS) is 21.4. The van der Waals surface area contributed by atoms with E-state index in [0.29, 0.717) is 11.3 Å². The van der Waals surface area contributed by atoms with E-state index in [1.54, 1.807) is 44.9 Å². The van der Waals surface area contributed by atoms with Gasteiger partial charge in [0.1, 0.15) is 16.3 Å². The zero-order valence-electron chi connectivity index (χ0n) is 17.6. The fourth-order valence-corrected chi connectivity index (χ4v) is 6.69. The molecule has 1 unspecified atom stereocenters. The highest BCUT2D eigenvalue weighted by atomic mass is 35.5. The summed E-state index contributed by atoms with van der Waals surface area (Å²) in [6, 6.07) is 6.27. The van der Waals surface area contributed by atoms with Gasteiger partial charge in [-0.15, -0.1) is 0 Å². The van der Waals surface area contributed by atoms with E-state index < -0.39 is 26.1 Å². The van der Waals surface area contributed by atoms with Crippen LogP contribution in [0.1, 0.15) is 50.4 Å². The summed E-state index contributed by atoms with van der Waals surface area (Å²) >= 11 is 13.2. The first-order valence-electron chi connectivity index (χ1n) is 9.91. The monoisotopic (exact) mass is 482 g/mol. The lowest BCUT2D eigenvalue weighted by Gasteiger charge is -2.38. The van der Waals surface area contributed by atoms with Crippen LogP contribution >= 0.6 is 23.2 Å². The third-order valence-corrected chi connectivity index (χ3v) is 9.71. The van der Waals surface area contributed by atoms with E-state index in [2.05, 4.69) is 4.98 Å². The Morgan fingerprint density at radius 1 is 1.23 bits per heavy atom. The number of anilines is 1. The van der Waals surface area contributed by atoms with Crippen molar-refractivity contribution in [2.45, 2.75) is 44.1 Å². The first-order valence-corrected chi connectivity index (χ1v) is 12.2. The third kappa shape index (κ3) is 3.17. The molecule has 1 aliphatic carbocycles. The van der Waals surface area contributed by atoms with Crippen molar-refractivity contribution in [2.75, 3.05) is 11.9 Å². The highest BCUT2D eigenvalue weighted by molar-refractivity contribution is 8.01. The molecule has 9 heteroatoms. The maximum atomic E-state index is 13.6. The Morgan fingerprint density at radius 3 is 2.48 bits per heavy atom. The molecular formula is C22H24Cl2N2O4S. The van der Waals surface area contributed by atoms with E-state index in [0.717, 1.165) is 12.8 Å². The summed E-state index contributed by atoms with van der Waals surface area (Å²) in [5.41, 5.74) is -0.181. The van der Waals surface area contributed by atoms with Gasteiger partial charge in [0.2, 0.25) is 0 Å². The quantitative estimate of drug-likeness (QED) is 0.596. The largest absolute Gasteiger partial charge is 0.504 e. The van der Waals surface area contributed by atoms with Crippen LogP contribution in [0.2, 0.25) is 10.0 Å². The summed E-state index contributed by atoms with van der Waals surface area (Å²) in [6.45, 7) is 4.83. The van der Waals surface area contributed by atoms with Gasteiger partial charge in [-0.3, -0.25) is 4.98 Å². The molecule has 1 fully saturated rings. The van der Waals surface area contributed by atoms with Crippen LogP contribution < -0.4 is 4.90 Å². The second kappa shape index (κ2) is 7.10. The predicted molar refractivity (Wildman–Crippen MR) is 124 cm³/mol. The van der Waals surface area contributed by atoms with Crippen molar-refractivity contribution in [2.24, 2.45) is 5.92 Å². The standard InChI is InChI=1S/C22H24Cl2N2O4S/c1-21(2)14-6-5-11-25-17(14)19(27)20(31(21,29)30)13-9-10-15(23)18(16(13)24)26(4)22(3,28)12-7-8-12/h5-6,9-12,27-28H,7-8H2,1-4H3. The predicted octanol–water partition coefficient (Wildman–Crippen LogP) is 4.99. The molecule has 0 saturated heterocycles. The number of benzene rings is 1. The second-order valence-corrected chi connectivity index (χ2v) is 12.0. The van der Waals surface area contributed by atoms with Crippen molar-refractivity contribution >= 4 is 49.4 Å². The molecule has 31 heavy (non-hydrogen) atoms. The minimum Gasteiger partial charge on any atom is -0.504 e. The van der Waals surface area contributed by atoms with E-state index in [1.807, 2.05) is 0 Å². The summed E-state index contributed by atoms with van der Waals surface area (Å²) in [7, 11) is -2.39. The van der Waals surface area contributed by atoms with Crippen molar-refractivity contribution in [3.8, 4) is 0 Å². The molecule has 1 aliphatic heterocycles. The lowest BCUT2D eigenvalue weighted by Crippen LogP contribution is -2.46. The average molecular weight is 483 g/mol. The van der Waals surface area contributed by atoms with Gasteiger partial charge in [-0.1, -0.05) is 35.3 Å². The highest BCUT2D eigenvalue weighted by Crippen LogP contribution is 2.52. The van der Waals surface area contributed by atoms with Gasteiger partial charge >= 0.3 is 0 Å². The van der Waals surface area contributed by atoms with Gasteiger partial charge in [-0.2, -0.15) is 0 Å². The van der Waals surface area contributed by atoms with Crippen molar-refractivity contribution < 1.29 is 18.6 Å². The van der Waals surface area contributed by atoms with Gasteiger partial charge in [0.15, 0.2) is 15.6 Å². The number of fused-ring (bicyclic) bond motifs is 1. The number of aliphatic hydroxyl groups excluding tert-OH is 1. The molecule has 0 spiro atoms. The Hall–Kier alpha value is -1.80. The number of hydrogen-bond acceptors (Lipinski definition) is 6. The molecular weight excluding hydrogens is 459 g/mol. The maximum absolute atomic E-state index is 13.6.